The van der Waals surface area contributed by atoms with Crippen LogP contribution in [0.3, 0.4) is 0 Å². The number of benzene rings is 1. The molecule has 10 nitrogen and oxygen atoms in total. The van der Waals surface area contributed by atoms with Gasteiger partial charge in [0.2, 0.25) is 6.29 Å². The summed E-state index contributed by atoms with van der Waals surface area (Å²) in [4.78, 5) is 36.4. The largest absolute Gasteiger partial charge is 0.490 e. The lowest BCUT2D eigenvalue weighted by atomic mass is 10.1. The SMILES string of the molecule is CCOc1cc2cc(C(=O)O)[nH]c2cc1OC1CC(OC(C)=O)CC(C=O)O1.COC. The maximum atomic E-state index is 11.3. The number of aldehydes is 1. The van der Waals surface area contributed by atoms with Crippen molar-refractivity contribution in [3.63, 3.8) is 0 Å². The highest BCUT2D eigenvalue weighted by atomic mass is 16.7. The van der Waals surface area contributed by atoms with Gasteiger partial charge in [-0.2, -0.15) is 0 Å². The van der Waals surface area contributed by atoms with Crippen LogP contribution in [-0.2, 0) is 23.8 Å². The molecule has 1 saturated heterocycles. The van der Waals surface area contributed by atoms with Crippen LogP contribution in [0.1, 0.15) is 37.2 Å². The van der Waals surface area contributed by atoms with Crippen molar-refractivity contribution >= 4 is 29.1 Å². The Morgan fingerprint density at radius 1 is 1.23 bits per heavy atom. The number of hydrogen-bond donors (Lipinski definition) is 2. The molecule has 10 heteroatoms. The number of carbonyl (C=O) groups excluding carboxylic acids is 2. The lowest BCUT2D eigenvalue weighted by molar-refractivity contribution is -0.188. The van der Waals surface area contributed by atoms with Gasteiger partial charge in [0, 0.05) is 45.4 Å². The molecule has 1 fully saturated rings. The topological polar surface area (TPSA) is 133 Å². The molecule has 0 spiro atoms. The van der Waals surface area contributed by atoms with E-state index in [2.05, 4.69) is 9.72 Å². The molecular weight excluding hydrogens is 410 g/mol. The standard InChI is InChI=1S/C19H21NO8.C2H6O/c1-3-25-16-5-11-4-15(19(23)24)20-14(11)8-17(16)28-18-7-12(26-10(2)22)6-13(9-21)27-18;1-3-2/h4-5,8-9,12-13,18,20H,3,6-7H2,1-2H3,(H,23,24);1-2H3. The number of aromatic amines is 1. The molecule has 3 unspecified atom stereocenters. The molecule has 0 bridgehead atoms. The molecule has 2 heterocycles. The van der Waals surface area contributed by atoms with Gasteiger partial charge in [0.1, 0.15) is 24.2 Å². The molecule has 1 aromatic carbocycles. The van der Waals surface area contributed by atoms with Gasteiger partial charge < -0.3 is 38.6 Å². The van der Waals surface area contributed by atoms with Gasteiger partial charge in [-0.1, -0.05) is 0 Å². The highest BCUT2D eigenvalue weighted by molar-refractivity contribution is 5.94. The quantitative estimate of drug-likeness (QED) is 0.495. The summed E-state index contributed by atoms with van der Waals surface area (Å²) in [5, 5.41) is 9.81. The lowest BCUT2D eigenvalue weighted by Gasteiger charge is -2.32. The van der Waals surface area contributed by atoms with Gasteiger partial charge in [0.25, 0.3) is 0 Å². The van der Waals surface area contributed by atoms with Crippen molar-refractivity contribution in [1.82, 2.24) is 4.98 Å². The average Bonchev–Trinajstić information content (AvgIpc) is 3.11. The first-order valence-corrected chi connectivity index (χ1v) is 9.68. The Bertz CT molecular complexity index is 908. The number of aromatic carboxylic acids is 1. The Hall–Kier alpha value is -3.11. The monoisotopic (exact) mass is 437 g/mol. The molecule has 0 saturated carbocycles. The van der Waals surface area contributed by atoms with E-state index in [1.807, 2.05) is 6.92 Å². The van der Waals surface area contributed by atoms with Crippen molar-refractivity contribution in [3.8, 4) is 11.5 Å². The Morgan fingerprint density at radius 3 is 2.52 bits per heavy atom. The highest BCUT2D eigenvalue weighted by Crippen LogP contribution is 2.35. The fraction of sp³-hybridized carbons (Fsp3) is 0.476. The van der Waals surface area contributed by atoms with Crippen molar-refractivity contribution in [1.29, 1.82) is 0 Å². The van der Waals surface area contributed by atoms with Crippen molar-refractivity contribution in [2.75, 3.05) is 20.8 Å². The van der Waals surface area contributed by atoms with Gasteiger partial charge in [-0.3, -0.25) is 4.79 Å². The summed E-state index contributed by atoms with van der Waals surface area (Å²) in [6.07, 6.45) is -0.944. The summed E-state index contributed by atoms with van der Waals surface area (Å²) in [5.41, 5.74) is 0.592. The normalized spacial score (nSPS) is 20.3. The Morgan fingerprint density at radius 2 is 1.94 bits per heavy atom. The van der Waals surface area contributed by atoms with Gasteiger partial charge >= 0.3 is 11.9 Å². The molecule has 1 aliphatic heterocycles. The highest BCUT2D eigenvalue weighted by Gasteiger charge is 2.33. The summed E-state index contributed by atoms with van der Waals surface area (Å²) in [7, 11) is 3.25. The lowest BCUT2D eigenvalue weighted by Crippen LogP contribution is -2.41. The molecule has 0 radical (unpaired) electrons. The first-order valence-electron chi connectivity index (χ1n) is 9.68. The number of methoxy groups -OCH3 is 1. The van der Waals surface area contributed by atoms with Crippen molar-refractivity contribution in [2.24, 2.45) is 0 Å². The average molecular weight is 437 g/mol. The van der Waals surface area contributed by atoms with Crippen LogP contribution in [0, 0.1) is 0 Å². The number of hydrogen-bond acceptors (Lipinski definition) is 8. The molecule has 0 aliphatic carbocycles. The zero-order valence-corrected chi connectivity index (χ0v) is 17.9. The van der Waals surface area contributed by atoms with Crippen LogP contribution in [0.15, 0.2) is 18.2 Å². The predicted molar refractivity (Wildman–Crippen MR) is 110 cm³/mol. The zero-order valence-electron chi connectivity index (χ0n) is 17.9. The maximum absolute atomic E-state index is 11.3. The van der Waals surface area contributed by atoms with Crippen LogP contribution in [-0.4, -0.2) is 67.6 Å². The van der Waals surface area contributed by atoms with E-state index >= 15 is 0 Å². The molecule has 2 N–H and O–H groups in total. The fourth-order valence-electron chi connectivity index (χ4n) is 3.13. The molecule has 3 atom stereocenters. The minimum atomic E-state index is -1.08. The number of carboxylic acids is 1. The van der Waals surface area contributed by atoms with Gasteiger partial charge in [0.15, 0.2) is 11.5 Å². The Kier molecular flexibility index (Phi) is 8.83. The first kappa shape index (κ1) is 24.2. The van der Waals surface area contributed by atoms with E-state index in [9.17, 15) is 14.4 Å². The fourth-order valence-corrected chi connectivity index (χ4v) is 3.13. The van der Waals surface area contributed by atoms with Gasteiger partial charge in [-0.05, 0) is 19.1 Å². The molecule has 2 aromatic rings. The number of fused-ring (bicyclic) bond motifs is 1. The molecular formula is C21H27NO9. The number of nitrogens with one attached hydrogen (secondary N) is 1. The van der Waals surface area contributed by atoms with Crippen LogP contribution >= 0.6 is 0 Å². The van der Waals surface area contributed by atoms with E-state index in [1.54, 1.807) is 26.4 Å². The number of H-pyrrole nitrogens is 1. The molecule has 3 rings (SSSR count). The molecule has 1 aliphatic rings. The third-order valence-corrected chi connectivity index (χ3v) is 4.24. The number of carbonyl (C=O) groups is 3. The second-order valence-electron chi connectivity index (χ2n) is 6.78. The summed E-state index contributed by atoms with van der Waals surface area (Å²) in [5.74, 6) is -0.789. The van der Waals surface area contributed by atoms with E-state index in [0.29, 0.717) is 35.3 Å². The third-order valence-electron chi connectivity index (χ3n) is 4.24. The van der Waals surface area contributed by atoms with Gasteiger partial charge in [-0.25, -0.2) is 4.79 Å². The van der Waals surface area contributed by atoms with Crippen LogP contribution in [0.5, 0.6) is 11.5 Å². The van der Waals surface area contributed by atoms with Gasteiger partial charge in [-0.15, -0.1) is 0 Å². The number of esters is 1. The summed E-state index contributed by atoms with van der Waals surface area (Å²) < 4.78 is 26.6. The third kappa shape index (κ3) is 6.69. The molecule has 1 aromatic heterocycles. The summed E-state index contributed by atoms with van der Waals surface area (Å²) >= 11 is 0. The predicted octanol–water partition coefficient (Wildman–Crippen LogP) is 2.54. The number of aromatic nitrogens is 1. The van der Waals surface area contributed by atoms with Crippen LogP contribution in [0.2, 0.25) is 0 Å². The minimum Gasteiger partial charge on any atom is -0.490 e. The van der Waals surface area contributed by atoms with E-state index < -0.39 is 30.4 Å². The molecule has 31 heavy (non-hydrogen) atoms. The first-order chi connectivity index (χ1) is 14.8. The van der Waals surface area contributed by atoms with Crippen LogP contribution in [0.4, 0.5) is 0 Å². The second-order valence-corrected chi connectivity index (χ2v) is 6.78. The van der Waals surface area contributed by atoms with E-state index in [-0.39, 0.29) is 18.5 Å². The van der Waals surface area contributed by atoms with Crippen molar-refractivity contribution in [3.05, 3.63) is 23.9 Å². The van der Waals surface area contributed by atoms with Crippen molar-refractivity contribution < 1.29 is 43.2 Å². The number of carboxylic acid groups (broad SMARTS) is 1. The van der Waals surface area contributed by atoms with E-state index in [0.717, 1.165) is 0 Å². The van der Waals surface area contributed by atoms with Crippen LogP contribution < -0.4 is 9.47 Å². The summed E-state index contributed by atoms with van der Waals surface area (Å²) in [6, 6.07) is 4.78. The van der Waals surface area contributed by atoms with Crippen LogP contribution in [0.25, 0.3) is 10.9 Å². The molecule has 170 valence electrons. The maximum Gasteiger partial charge on any atom is 0.352 e. The molecule has 0 amide bonds. The Balaban J connectivity index is 0.00000107. The zero-order chi connectivity index (χ0) is 23.0. The van der Waals surface area contributed by atoms with Crippen molar-refractivity contribution in [2.45, 2.75) is 45.2 Å². The van der Waals surface area contributed by atoms with E-state index in [1.165, 1.54) is 13.0 Å². The number of ether oxygens (including phenoxy) is 5. The number of rotatable bonds is 7. The smallest absolute Gasteiger partial charge is 0.352 e. The van der Waals surface area contributed by atoms with E-state index in [4.69, 9.17) is 24.1 Å². The summed E-state index contributed by atoms with van der Waals surface area (Å²) in [6.45, 7) is 3.48. The van der Waals surface area contributed by atoms with Gasteiger partial charge in [0.05, 0.1) is 12.1 Å². The minimum absolute atomic E-state index is 0.0412. The second kappa shape index (κ2) is 11.3. The Labute approximate surface area is 179 Å².